The third-order valence-corrected chi connectivity index (χ3v) is 3.09. The van der Waals surface area contributed by atoms with Gasteiger partial charge in [-0.15, -0.1) is 10.2 Å². The zero-order valence-electron chi connectivity index (χ0n) is 12.2. The highest BCUT2D eigenvalue weighted by atomic mass is 16.2. The number of pyridine rings is 1. The number of nitrogens with zero attached hydrogens (tertiary/aromatic N) is 4. The summed E-state index contributed by atoms with van der Waals surface area (Å²) in [5.41, 5.74) is -0.200. The van der Waals surface area contributed by atoms with Crippen LogP contribution in [0.4, 0.5) is 0 Å². The van der Waals surface area contributed by atoms with Gasteiger partial charge >= 0.3 is 0 Å². The van der Waals surface area contributed by atoms with Crippen molar-refractivity contribution in [2.75, 3.05) is 0 Å². The average Bonchev–Trinajstić information content (AvgIpc) is 2.90. The third kappa shape index (κ3) is 3.77. The first-order valence-corrected chi connectivity index (χ1v) is 6.94. The molecule has 2 aromatic heterocycles. The molecule has 7 heteroatoms. The van der Waals surface area contributed by atoms with Gasteiger partial charge in [0.1, 0.15) is 12.9 Å². The van der Waals surface area contributed by atoms with E-state index in [0.717, 1.165) is 13.0 Å². The van der Waals surface area contributed by atoms with Crippen LogP contribution < -0.4 is 10.9 Å². The number of hydrogen-bond donors (Lipinski definition) is 1. The minimum absolute atomic E-state index is 0.00801. The van der Waals surface area contributed by atoms with E-state index in [9.17, 15) is 9.59 Å². The van der Waals surface area contributed by atoms with Crippen LogP contribution in [0.1, 0.15) is 32.1 Å². The van der Waals surface area contributed by atoms with Gasteiger partial charge in [0.25, 0.3) is 5.56 Å². The van der Waals surface area contributed by atoms with Crippen molar-refractivity contribution < 1.29 is 4.79 Å². The quantitative estimate of drug-likeness (QED) is 0.850. The topological polar surface area (TPSA) is 81.8 Å². The van der Waals surface area contributed by atoms with Gasteiger partial charge in [0.05, 0.1) is 6.04 Å². The second-order valence-corrected chi connectivity index (χ2v) is 4.84. The summed E-state index contributed by atoms with van der Waals surface area (Å²) in [7, 11) is 0. The van der Waals surface area contributed by atoms with Crippen LogP contribution in [0, 0.1) is 0 Å². The van der Waals surface area contributed by atoms with Crippen LogP contribution >= 0.6 is 0 Å². The Morgan fingerprint density at radius 3 is 2.90 bits per heavy atom. The fraction of sp³-hybridized carbons (Fsp3) is 0.429. The second-order valence-electron chi connectivity index (χ2n) is 4.84. The van der Waals surface area contributed by atoms with Gasteiger partial charge in [0, 0.05) is 18.8 Å². The lowest BCUT2D eigenvalue weighted by Crippen LogP contribution is -2.34. The molecule has 1 amide bonds. The Morgan fingerprint density at radius 2 is 2.19 bits per heavy atom. The molecule has 21 heavy (non-hydrogen) atoms. The molecule has 112 valence electrons. The lowest BCUT2D eigenvalue weighted by Gasteiger charge is -2.15. The number of amides is 1. The van der Waals surface area contributed by atoms with Crippen LogP contribution in [0.3, 0.4) is 0 Å². The normalized spacial score (nSPS) is 12.1. The predicted octanol–water partition coefficient (Wildman–Crippen LogP) is 0.727. The molecule has 0 fully saturated rings. The summed E-state index contributed by atoms with van der Waals surface area (Å²) in [5.74, 6) is 0.479. The van der Waals surface area contributed by atoms with Gasteiger partial charge in [0.15, 0.2) is 5.82 Å². The van der Waals surface area contributed by atoms with Crippen molar-refractivity contribution in [1.82, 2.24) is 24.6 Å². The molecular weight excluding hydrogens is 270 g/mol. The van der Waals surface area contributed by atoms with E-state index in [1.807, 2.05) is 11.5 Å². The molecule has 0 radical (unpaired) electrons. The lowest BCUT2D eigenvalue weighted by molar-refractivity contribution is -0.122. The summed E-state index contributed by atoms with van der Waals surface area (Å²) < 4.78 is 3.28. The summed E-state index contributed by atoms with van der Waals surface area (Å²) in [6.45, 7) is 4.71. The molecule has 0 saturated heterocycles. The van der Waals surface area contributed by atoms with E-state index < -0.39 is 0 Å². The fourth-order valence-corrected chi connectivity index (χ4v) is 2.11. The molecule has 7 nitrogen and oxygen atoms in total. The number of carbonyl (C=O) groups is 1. The highest BCUT2D eigenvalue weighted by Crippen LogP contribution is 2.09. The lowest BCUT2D eigenvalue weighted by atomic mass is 10.3. The largest absolute Gasteiger partial charge is 0.345 e. The molecule has 0 spiro atoms. The van der Waals surface area contributed by atoms with Crippen LogP contribution in [-0.4, -0.2) is 25.2 Å². The van der Waals surface area contributed by atoms with Gasteiger partial charge in [-0.1, -0.05) is 13.0 Å². The standard InChI is InChI=1S/C14H19N5O2/c1-3-7-19-10-15-17-14(19)11(2)16-12(20)9-18-8-5-4-6-13(18)21/h4-6,8,10-11H,3,7,9H2,1-2H3,(H,16,20)/t11-/m1/s1. The van der Waals surface area contributed by atoms with Crippen molar-refractivity contribution in [2.45, 2.75) is 39.4 Å². The van der Waals surface area contributed by atoms with E-state index in [4.69, 9.17) is 0 Å². The van der Waals surface area contributed by atoms with Crippen LogP contribution in [0.15, 0.2) is 35.5 Å². The molecule has 2 heterocycles. The number of carbonyl (C=O) groups excluding carboxylic acids is 1. The van der Waals surface area contributed by atoms with Crippen molar-refractivity contribution in [3.8, 4) is 0 Å². The number of hydrogen-bond acceptors (Lipinski definition) is 4. The second kappa shape index (κ2) is 6.83. The summed E-state index contributed by atoms with van der Waals surface area (Å²) in [6.07, 6.45) is 4.21. The molecule has 0 aromatic carbocycles. The maximum absolute atomic E-state index is 12.0. The molecular formula is C14H19N5O2. The van der Waals surface area contributed by atoms with Gasteiger partial charge in [-0.25, -0.2) is 0 Å². The molecule has 2 aromatic rings. The van der Waals surface area contributed by atoms with Crippen LogP contribution in [-0.2, 0) is 17.9 Å². The zero-order chi connectivity index (χ0) is 15.2. The van der Waals surface area contributed by atoms with Crippen LogP contribution in [0.25, 0.3) is 0 Å². The van der Waals surface area contributed by atoms with Gasteiger partial charge in [-0.2, -0.15) is 0 Å². The molecule has 0 aliphatic rings. The number of rotatable bonds is 6. The first kappa shape index (κ1) is 15.0. The molecule has 0 saturated carbocycles. The van der Waals surface area contributed by atoms with E-state index in [-0.39, 0.29) is 24.1 Å². The van der Waals surface area contributed by atoms with E-state index in [1.54, 1.807) is 24.7 Å². The molecule has 0 unspecified atom stereocenters. The highest BCUT2D eigenvalue weighted by molar-refractivity contribution is 5.76. The molecule has 0 aliphatic carbocycles. The first-order chi connectivity index (χ1) is 10.1. The molecule has 2 rings (SSSR count). The van der Waals surface area contributed by atoms with Gasteiger partial charge in [-0.3, -0.25) is 9.59 Å². The van der Waals surface area contributed by atoms with E-state index >= 15 is 0 Å². The zero-order valence-corrected chi connectivity index (χ0v) is 12.2. The van der Waals surface area contributed by atoms with E-state index in [2.05, 4.69) is 22.4 Å². The van der Waals surface area contributed by atoms with E-state index in [0.29, 0.717) is 5.82 Å². The number of nitrogens with one attached hydrogen (secondary N) is 1. The van der Waals surface area contributed by atoms with Crippen molar-refractivity contribution in [1.29, 1.82) is 0 Å². The number of aryl methyl sites for hydroxylation is 1. The highest BCUT2D eigenvalue weighted by Gasteiger charge is 2.15. The minimum atomic E-state index is -0.258. The molecule has 1 N–H and O–H groups in total. The Kier molecular flexibility index (Phi) is 4.86. The van der Waals surface area contributed by atoms with Gasteiger partial charge < -0.3 is 14.5 Å². The SMILES string of the molecule is CCCn1cnnc1[C@@H](C)NC(=O)Cn1ccccc1=O. The van der Waals surface area contributed by atoms with Crippen molar-refractivity contribution >= 4 is 5.91 Å². The van der Waals surface area contributed by atoms with Gasteiger partial charge in [-0.05, 0) is 19.4 Å². The Hall–Kier alpha value is -2.44. The summed E-state index contributed by atoms with van der Waals surface area (Å²) >= 11 is 0. The fourth-order valence-electron chi connectivity index (χ4n) is 2.11. The van der Waals surface area contributed by atoms with Crippen molar-refractivity contribution in [3.63, 3.8) is 0 Å². The van der Waals surface area contributed by atoms with Crippen molar-refractivity contribution in [3.05, 3.63) is 46.9 Å². The monoisotopic (exact) mass is 289 g/mol. The summed E-state index contributed by atoms with van der Waals surface area (Å²) in [4.78, 5) is 23.6. The number of aromatic nitrogens is 4. The third-order valence-electron chi connectivity index (χ3n) is 3.09. The average molecular weight is 289 g/mol. The first-order valence-electron chi connectivity index (χ1n) is 6.94. The Bertz CT molecular complexity index is 661. The van der Waals surface area contributed by atoms with Crippen LogP contribution in [0.2, 0.25) is 0 Å². The van der Waals surface area contributed by atoms with Gasteiger partial charge in [0.2, 0.25) is 5.91 Å². The molecule has 0 aliphatic heterocycles. The Balaban J connectivity index is 2.01. The maximum Gasteiger partial charge on any atom is 0.250 e. The van der Waals surface area contributed by atoms with E-state index in [1.165, 1.54) is 10.6 Å². The van der Waals surface area contributed by atoms with Crippen molar-refractivity contribution in [2.24, 2.45) is 0 Å². The predicted molar refractivity (Wildman–Crippen MR) is 77.6 cm³/mol. The smallest absolute Gasteiger partial charge is 0.250 e. The Labute approximate surface area is 122 Å². The summed E-state index contributed by atoms with van der Waals surface area (Å²) in [6, 6.07) is 4.53. The minimum Gasteiger partial charge on any atom is -0.345 e. The van der Waals surface area contributed by atoms with Crippen LogP contribution in [0.5, 0.6) is 0 Å². The summed E-state index contributed by atoms with van der Waals surface area (Å²) in [5, 5.41) is 10.8. The maximum atomic E-state index is 12.0. The Morgan fingerprint density at radius 1 is 1.38 bits per heavy atom. The molecule has 0 bridgehead atoms. The molecule has 1 atom stereocenters.